The average molecular weight is 192 g/mol. The van der Waals surface area contributed by atoms with Gasteiger partial charge in [0.25, 0.3) is 0 Å². The van der Waals surface area contributed by atoms with Crippen LogP contribution in [0.25, 0.3) is 0 Å². The van der Waals surface area contributed by atoms with Crippen LogP contribution in [0.3, 0.4) is 0 Å². The number of benzene rings is 1. The van der Waals surface area contributed by atoms with Gasteiger partial charge in [0.2, 0.25) is 0 Å². The molecular weight excluding hydrogens is 180 g/mol. The molecule has 0 amide bonds. The zero-order valence-electron chi connectivity index (χ0n) is 7.81. The van der Waals surface area contributed by atoms with Crippen molar-refractivity contribution in [2.75, 3.05) is 19.8 Å². The van der Waals surface area contributed by atoms with Crippen molar-refractivity contribution in [1.29, 1.82) is 0 Å². The summed E-state index contributed by atoms with van der Waals surface area (Å²) in [7, 11) is 0. The number of ether oxygens (including phenoxy) is 2. The van der Waals surface area contributed by atoms with E-state index in [1.165, 1.54) is 0 Å². The molecule has 1 aromatic rings. The largest absolute Gasteiger partial charge is 0.376 e. The summed E-state index contributed by atoms with van der Waals surface area (Å²) in [6.45, 7) is 1.77. The topological polar surface area (TPSA) is 35.5 Å². The van der Waals surface area contributed by atoms with Crippen molar-refractivity contribution in [3.8, 4) is 0 Å². The van der Waals surface area contributed by atoms with Gasteiger partial charge in [-0.2, -0.15) is 0 Å². The van der Waals surface area contributed by atoms with Crippen molar-refractivity contribution in [1.82, 2.24) is 0 Å². The molecule has 1 fully saturated rings. The Morgan fingerprint density at radius 2 is 2.14 bits per heavy atom. The summed E-state index contributed by atoms with van der Waals surface area (Å²) >= 11 is 0. The highest BCUT2D eigenvalue weighted by Gasteiger charge is 2.18. The average Bonchev–Trinajstić information content (AvgIpc) is 2.30. The lowest BCUT2D eigenvalue weighted by Gasteiger charge is -2.24. The van der Waals surface area contributed by atoms with Crippen molar-refractivity contribution in [2.45, 2.75) is 6.10 Å². The Kier molecular flexibility index (Phi) is 2.91. The Bertz CT molecular complexity index is 316. The summed E-state index contributed by atoms with van der Waals surface area (Å²) in [6.07, 6.45) is 0.762. The fourth-order valence-electron chi connectivity index (χ4n) is 1.58. The molecule has 0 radical (unpaired) electrons. The Morgan fingerprint density at radius 3 is 2.86 bits per heavy atom. The maximum absolute atomic E-state index is 10.8. The molecule has 1 unspecified atom stereocenters. The third-order valence-electron chi connectivity index (χ3n) is 2.29. The first kappa shape index (κ1) is 9.37. The van der Waals surface area contributed by atoms with Gasteiger partial charge in [-0.15, -0.1) is 0 Å². The lowest BCUT2D eigenvalue weighted by molar-refractivity contribution is -0.0902. The first-order valence-electron chi connectivity index (χ1n) is 4.65. The molecule has 3 heteroatoms. The van der Waals surface area contributed by atoms with Crippen LogP contribution in [-0.2, 0) is 9.47 Å². The molecule has 0 bridgehead atoms. The van der Waals surface area contributed by atoms with E-state index in [0.29, 0.717) is 25.4 Å². The smallest absolute Gasteiger partial charge is 0.150 e. The predicted octanol–water partition coefficient (Wildman–Crippen LogP) is 1.59. The molecule has 0 spiro atoms. The lowest BCUT2D eigenvalue weighted by atomic mass is 10.0. The standard InChI is InChI=1S/C11H12O3/c12-7-9-3-1-2-4-10(9)11-8-13-5-6-14-11/h1-4,7,11H,5-6,8H2. The van der Waals surface area contributed by atoms with Gasteiger partial charge < -0.3 is 9.47 Å². The van der Waals surface area contributed by atoms with Gasteiger partial charge in [-0.1, -0.05) is 24.3 Å². The third kappa shape index (κ3) is 1.84. The van der Waals surface area contributed by atoms with Gasteiger partial charge in [0.15, 0.2) is 0 Å². The zero-order chi connectivity index (χ0) is 9.80. The molecule has 1 heterocycles. The second kappa shape index (κ2) is 4.35. The Hall–Kier alpha value is -1.19. The second-order valence-corrected chi connectivity index (χ2v) is 3.18. The maximum Gasteiger partial charge on any atom is 0.150 e. The summed E-state index contributed by atoms with van der Waals surface area (Å²) in [6, 6.07) is 7.45. The monoisotopic (exact) mass is 192 g/mol. The number of carbonyl (C=O) groups excluding carboxylic acids is 1. The summed E-state index contributed by atoms with van der Waals surface area (Å²) in [5.74, 6) is 0. The molecule has 2 rings (SSSR count). The number of rotatable bonds is 2. The third-order valence-corrected chi connectivity index (χ3v) is 2.29. The molecule has 3 nitrogen and oxygen atoms in total. The number of hydrogen-bond donors (Lipinski definition) is 0. The van der Waals surface area contributed by atoms with E-state index < -0.39 is 0 Å². The van der Waals surface area contributed by atoms with Crippen molar-refractivity contribution >= 4 is 6.29 Å². The Labute approximate surface area is 82.6 Å². The molecule has 0 aromatic heterocycles. The molecule has 0 saturated carbocycles. The van der Waals surface area contributed by atoms with E-state index in [9.17, 15) is 4.79 Å². The normalized spacial score (nSPS) is 21.9. The second-order valence-electron chi connectivity index (χ2n) is 3.18. The predicted molar refractivity (Wildman–Crippen MR) is 51.3 cm³/mol. The van der Waals surface area contributed by atoms with E-state index in [1.54, 1.807) is 6.07 Å². The summed E-state index contributed by atoms with van der Waals surface area (Å²) in [5, 5.41) is 0. The van der Waals surface area contributed by atoms with Crippen molar-refractivity contribution in [2.24, 2.45) is 0 Å². The molecule has 1 aliphatic rings. The number of carbonyl (C=O) groups is 1. The highest BCUT2D eigenvalue weighted by molar-refractivity contribution is 5.77. The highest BCUT2D eigenvalue weighted by atomic mass is 16.6. The van der Waals surface area contributed by atoms with Gasteiger partial charge in [0, 0.05) is 5.56 Å². The van der Waals surface area contributed by atoms with Crippen LogP contribution in [-0.4, -0.2) is 26.1 Å². The van der Waals surface area contributed by atoms with E-state index in [2.05, 4.69) is 0 Å². The Balaban J connectivity index is 2.24. The van der Waals surface area contributed by atoms with E-state index in [1.807, 2.05) is 18.2 Å². The fraction of sp³-hybridized carbons (Fsp3) is 0.364. The van der Waals surface area contributed by atoms with Gasteiger partial charge in [0.1, 0.15) is 12.4 Å². The molecule has 1 saturated heterocycles. The highest BCUT2D eigenvalue weighted by Crippen LogP contribution is 2.22. The van der Waals surface area contributed by atoms with E-state index >= 15 is 0 Å². The van der Waals surface area contributed by atoms with E-state index in [-0.39, 0.29) is 6.10 Å². The first-order chi connectivity index (χ1) is 6.92. The fourth-order valence-corrected chi connectivity index (χ4v) is 1.58. The van der Waals surface area contributed by atoms with Crippen LogP contribution in [0, 0.1) is 0 Å². The molecule has 74 valence electrons. The molecule has 0 aliphatic carbocycles. The van der Waals surface area contributed by atoms with Gasteiger partial charge >= 0.3 is 0 Å². The lowest BCUT2D eigenvalue weighted by Crippen LogP contribution is -2.22. The van der Waals surface area contributed by atoms with Crippen molar-refractivity contribution in [3.05, 3.63) is 35.4 Å². The molecule has 1 aromatic carbocycles. The minimum absolute atomic E-state index is 0.0925. The van der Waals surface area contributed by atoms with Crippen LogP contribution < -0.4 is 0 Å². The van der Waals surface area contributed by atoms with Crippen LogP contribution in [0.2, 0.25) is 0 Å². The Morgan fingerprint density at radius 1 is 1.29 bits per heavy atom. The molecule has 1 aliphatic heterocycles. The van der Waals surface area contributed by atoms with E-state index in [0.717, 1.165) is 11.8 Å². The van der Waals surface area contributed by atoms with Crippen LogP contribution in [0.1, 0.15) is 22.0 Å². The van der Waals surface area contributed by atoms with Crippen LogP contribution in [0.4, 0.5) is 0 Å². The summed E-state index contributed by atoms with van der Waals surface area (Å²) in [4.78, 5) is 10.8. The van der Waals surface area contributed by atoms with Gasteiger partial charge in [0.05, 0.1) is 19.8 Å². The van der Waals surface area contributed by atoms with Crippen LogP contribution >= 0.6 is 0 Å². The molecular formula is C11H12O3. The van der Waals surface area contributed by atoms with Crippen molar-refractivity contribution < 1.29 is 14.3 Å². The van der Waals surface area contributed by atoms with Gasteiger partial charge in [-0.3, -0.25) is 4.79 Å². The van der Waals surface area contributed by atoms with Crippen LogP contribution in [0.15, 0.2) is 24.3 Å². The molecule has 0 N–H and O–H groups in total. The summed E-state index contributed by atoms with van der Waals surface area (Å²) in [5.41, 5.74) is 1.60. The summed E-state index contributed by atoms with van der Waals surface area (Å²) < 4.78 is 10.8. The van der Waals surface area contributed by atoms with Crippen molar-refractivity contribution in [3.63, 3.8) is 0 Å². The SMILES string of the molecule is O=Cc1ccccc1C1COCCO1. The first-order valence-corrected chi connectivity index (χ1v) is 4.65. The minimum atomic E-state index is -0.0925. The minimum Gasteiger partial charge on any atom is -0.376 e. The van der Waals surface area contributed by atoms with Crippen LogP contribution in [0.5, 0.6) is 0 Å². The molecule has 1 atom stereocenters. The van der Waals surface area contributed by atoms with Gasteiger partial charge in [-0.25, -0.2) is 0 Å². The number of aldehydes is 1. The van der Waals surface area contributed by atoms with Gasteiger partial charge in [-0.05, 0) is 5.56 Å². The zero-order valence-corrected chi connectivity index (χ0v) is 7.81. The van der Waals surface area contributed by atoms with E-state index in [4.69, 9.17) is 9.47 Å². The quantitative estimate of drug-likeness (QED) is 0.667. The maximum atomic E-state index is 10.8. The molecule has 14 heavy (non-hydrogen) atoms. The number of hydrogen-bond acceptors (Lipinski definition) is 3.